The fraction of sp³-hybridized carbons (Fsp3) is 1.00. The summed E-state index contributed by atoms with van der Waals surface area (Å²) < 4.78 is 26.3. The fourth-order valence-corrected chi connectivity index (χ4v) is 1.71. The van der Waals surface area contributed by atoms with Gasteiger partial charge in [0.15, 0.2) is 0 Å². The van der Waals surface area contributed by atoms with Crippen molar-refractivity contribution in [2.75, 3.05) is 46.8 Å². The average Bonchev–Trinajstić information content (AvgIpc) is 3.27. The van der Waals surface area contributed by atoms with E-state index in [0.29, 0.717) is 32.5 Å². The minimum atomic E-state index is -0.428. The third-order valence-corrected chi connectivity index (χ3v) is 3.18. The number of methoxy groups -OCH3 is 1. The van der Waals surface area contributed by atoms with Crippen molar-refractivity contribution >= 4 is 0 Å². The topological polar surface area (TPSA) is 73.0 Å². The molecule has 4 atom stereocenters. The van der Waals surface area contributed by atoms with E-state index < -0.39 is 6.10 Å². The second-order valence-corrected chi connectivity index (χ2v) is 5.07. The zero-order chi connectivity index (χ0) is 13.5. The number of aliphatic hydroxyl groups is 1. The highest BCUT2D eigenvalue weighted by Crippen LogP contribution is 2.16. The lowest BCUT2D eigenvalue weighted by molar-refractivity contribution is -0.0587. The summed E-state index contributed by atoms with van der Waals surface area (Å²) in [6, 6.07) is 0. The third kappa shape index (κ3) is 7.20. The summed E-state index contributed by atoms with van der Waals surface area (Å²) in [5.74, 6) is 0. The molecule has 6 heteroatoms. The Bertz CT molecular complexity index is 241. The van der Waals surface area contributed by atoms with Gasteiger partial charge in [-0.15, -0.1) is 0 Å². The van der Waals surface area contributed by atoms with E-state index in [4.69, 9.17) is 23.7 Å². The number of aliphatic hydroxyl groups excluding tert-OH is 1. The monoisotopic (exact) mass is 276 g/mol. The smallest absolute Gasteiger partial charge is 0.104 e. The molecule has 19 heavy (non-hydrogen) atoms. The Kier molecular flexibility index (Phi) is 6.49. The van der Waals surface area contributed by atoms with Gasteiger partial charge in [0, 0.05) is 7.11 Å². The molecule has 0 radical (unpaired) electrons. The number of rotatable bonds is 12. The van der Waals surface area contributed by atoms with Gasteiger partial charge in [0.2, 0.25) is 0 Å². The molecule has 0 aromatic rings. The van der Waals surface area contributed by atoms with Crippen LogP contribution in [0, 0.1) is 0 Å². The second kappa shape index (κ2) is 8.14. The largest absolute Gasteiger partial charge is 0.391 e. The predicted molar refractivity (Wildman–Crippen MR) is 67.2 cm³/mol. The van der Waals surface area contributed by atoms with Gasteiger partial charge in [0.25, 0.3) is 0 Å². The molecule has 0 aromatic carbocycles. The molecule has 2 aliphatic rings. The summed E-state index contributed by atoms with van der Waals surface area (Å²) in [7, 11) is 1.63. The molecular weight excluding hydrogens is 252 g/mol. The highest BCUT2D eigenvalue weighted by atomic mass is 16.6. The maximum atomic E-state index is 9.70. The third-order valence-electron chi connectivity index (χ3n) is 3.18. The lowest BCUT2D eigenvalue weighted by Gasteiger charge is -2.17. The summed E-state index contributed by atoms with van der Waals surface area (Å²) in [4.78, 5) is 0. The molecule has 0 amide bonds. The lowest BCUT2D eigenvalue weighted by atomic mass is 10.2. The molecule has 0 aliphatic carbocycles. The maximum absolute atomic E-state index is 9.70. The van der Waals surface area contributed by atoms with E-state index >= 15 is 0 Å². The van der Waals surface area contributed by atoms with E-state index in [1.165, 1.54) is 0 Å². The van der Waals surface area contributed by atoms with E-state index in [0.717, 1.165) is 26.1 Å². The molecule has 2 saturated heterocycles. The number of epoxide rings is 2. The standard InChI is InChI=1S/C13H24O6/c1-15-12(6-17-7-13-9-19-13)5-16-4-10(14)2-3-11-8-18-11/h10-14H,2-9H2,1H3. The van der Waals surface area contributed by atoms with Crippen LogP contribution < -0.4 is 0 Å². The molecule has 0 saturated carbocycles. The summed E-state index contributed by atoms with van der Waals surface area (Å²) in [5.41, 5.74) is 0. The van der Waals surface area contributed by atoms with Gasteiger partial charge in [0.05, 0.1) is 51.8 Å². The second-order valence-electron chi connectivity index (χ2n) is 5.07. The molecule has 0 spiro atoms. The van der Waals surface area contributed by atoms with Gasteiger partial charge in [-0.25, -0.2) is 0 Å². The first-order valence-electron chi connectivity index (χ1n) is 6.87. The molecule has 1 N–H and O–H groups in total. The van der Waals surface area contributed by atoms with Gasteiger partial charge in [-0.3, -0.25) is 0 Å². The van der Waals surface area contributed by atoms with Crippen LogP contribution in [0.5, 0.6) is 0 Å². The Labute approximate surface area is 113 Å². The first-order valence-corrected chi connectivity index (χ1v) is 6.87. The SMILES string of the molecule is COC(COCC(O)CCC1CO1)COCC1CO1. The van der Waals surface area contributed by atoms with Crippen molar-refractivity contribution in [1.29, 1.82) is 0 Å². The van der Waals surface area contributed by atoms with Crippen LogP contribution >= 0.6 is 0 Å². The Morgan fingerprint density at radius 1 is 1.11 bits per heavy atom. The predicted octanol–water partition coefficient (Wildman–Crippen LogP) is -0.0267. The van der Waals surface area contributed by atoms with Gasteiger partial charge >= 0.3 is 0 Å². The summed E-state index contributed by atoms with van der Waals surface area (Å²) in [6.07, 6.45) is 1.73. The first-order chi connectivity index (χ1) is 9.28. The highest BCUT2D eigenvalue weighted by Gasteiger charge is 2.24. The Balaban J connectivity index is 1.43. The lowest BCUT2D eigenvalue weighted by Crippen LogP contribution is -2.27. The minimum absolute atomic E-state index is 0.0993. The summed E-state index contributed by atoms with van der Waals surface area (Å²) in [6.45, 7) is 3.50. The van der Waals surface area contributed by atoms with Crippen LogP contribution in [0.1, 0.15) is 12.8 Å². The molecule has 0 aromatic heterocycles. The maximum Gasteiger partial charge on any atom is 0.104 e. The van der Waals surface area contributed by atoms with Crippen LogP contribution in [-0.4, -0.2) is 76.3 Å². The van der Waals surface area contributed by atoms with Crippen molar-refractivity contribution in [2.45, 2.75) is 37.3 Å². The number of hydrogen-bond acceptors (Lipinski definition) is 6. The van der Waals surface area contributed by atoms with Gasteiger partial charge in [-0.2, -0.15) is 0 Å². The van der Waals surface area contributed by atoms with Gasteiger partial charge in [-0.1, -0.05) is 0 Å². The molecular formula is C13H24O6. The zero-order valence-corrected chi connectivity index (χ0v) is 11.5. The quantitative estimate of drug-likeness (QED) is 0.505. The highest BCUT2D eigenvalue weighted by molar-refractivity contribution is 4.71. The molecule has 112 valence electrons. The van der Waals surface area contributed by atoms with Gasteiger partial charge in [0.1, 0.15) is 12.2 Å². The van der Waals surface area contributed by atoms with Crippen molar-refractivity contribution in [3.63, 3.8) is 0 Å². The van der Waals surface area contributed by atoms with E-state index in [1.807, 2.05) is 0 Å². The van der Waals surface area contributed by atoms with Crippen LogP contribution in [0.3, 0.4) is 0 Å². The molecule has 4 unspecified atom stereocenters. The van der Waals surface area contributed by atoms with Gasteiger partial charge < -0.3 is 28.8 Å². The van der Waals surface area contributed by atoms with Crippen molar-refractivity contribution in [1.82, 2.24) is 0 Å². The molecule has 2 aliphatic heterocycles. The molecule has 6 nitrogen and oxygen atoms in total. The van der Waals surface area contributed by atoms with Crippen LogP contribution in [0.2, 0.25) is 0 Å². The van der Waals surface area contributed by atoms with Crippen LogP contribution in [0.15, 0.2) is 0 Å². The Hall–Kier alpha value is -0.240. The van der Waals surface area contributed by atoms with E-state index in [-0.39, 0.29) is 12.2 Å². The molecule has 2 heterocycles. The molecule has 2 fully saturated rings. The Morgan fingerprint density at radius 3 is 2.42 bits per heavy atom. The average molecular weight is 276 g/mol. The van der Waals surface area contributed by atoms with E-state index in [1.54, 1.807) is 7.11 Å². The van der Waals surface area contributed by atoms with Crippen molar-refractivity contribution in [3.8, 4) is 0 Å². The first kappa shape index (κ1) is 15.2. The van der Waals surface area contributed by atoms with E-state index in [9.17, 15) is 5.11 Å². The minimum Gasteiger partial charge on any atom is -0.391 e. The van der Waals surface area contributed by atoms with Crippen molar-refractivity contribution in [3.05, 3.63) is 0 Å². The van der Waals surface area contributed by atoms with Crippen molar-refractivity contribution in [2.24, 2.45) is 0 Å². The fourth-order valence-electron chi connectivity index (χ4n) is 1.71. The van der Waals surface area contributed by atoms with Crippen LogP contribution in [0.4, 0.5) is 0 Å². The van der Waals surface area contributed by atoms with Gasteiger partial charge in [-0.05, 0) is 12.8 Å². The molecule has 2 rings (SSSR count). The number of hydrogen-bond donors (Lipinski definition) is 1. The molecule has 0 bridgehead atoms. The zero-order valence-electron chi connectivity index (χ0n) is 11.5. The normalized spacial score (nSPS) is 28.1. The van der Waals surface area contributed by atoms with Crippen molar-refractivity contribution < 1.29 is 28.8 Å². The summed E-state index contributed by atoms with van der Waals surface area (Å²) in [5, 5.41) is 9.70. The van der Waals surface area contributed by atoms with Crippen LogP contribution in [0.25, 0.3) is 0 Å². The Morgan fingerprint density at radius 2 is 1.79 bits per heavy atom. The summed E-state index contributed by atoms with van der Waals surface area (Å²) >= 11 is 0. The number of ether oxygens (including phenoxy) is 5. The van der Waals surface area contributed by atoms with Crippen LogP contribution in [-0.2, 0) is 23.7 Å². The van der Waals surface area contributed by atoms with E-state index in [2.05, 4.69) is 0 Å².